The van der Waals surface area contributed by atoms with E-state index in [2.05, 4.69) is 0 Å². The van der Waals surface area contributed by atoms with Crippen LogP contribution in [0.3, 0.4) is 0 Å². The Bertz CT molecular complexity index is 455. The zero-order valence-electron chi connectivity index (χ0n) is 9.73. The zero-order valence-corrected chi connectivity index (χ0v) is 9.73. The van der Waals surface area contributed by atoms with Crippen LogP contribution in [-0.2, 0) is 6.67 Å². The van der Waals surface area contributed by atoms with Crippen molar-refractivity contribution in [3.8, 4) is 6.07 Å². The molecule has 1 N–H and O–H groups in total. The molecule has 1 aromatic rings. The molecule has 2 atom stereocenters. The Labute approximate surface area is 100 Å². The van der Waals surface area contributed by atoms with Gasteiger partial charge in [-0.1, -0.05) is 0 Å². The Morgan fingerprint density at radius 2 is 2.35 bits per heavy atom. The number of nitriles is 1. The normalized spacial score (nSPS) is 23.8. The summed E-state index contributed by atoms with van der Waals surface area (Å²) in [7, 11) is 0. The van der Waals surface area contributed by atoms with Crippen LogP contribution in [0.1, 0.15) is 24.5 Å². The monoisotopic (exact) mass is 234 g/mol. The largest absolute Gasteiger partial charge is 0.391 e. The number of hydrogen-bond donors (Lipinski definition) is 1. The highest BCUT2D eigenvalue weighted by Gasteiger charge is 2.30. The predicted octanol–water partition coefficient (Wildman–Crippen LogP) is 1.99. The van der Waals surface area contributed by atoms with Crippen molar-refractivity contribution >= 4 is 5.69 Å². The van der Waals surface area contributed by atoms with Crippen LogP contribution in [0.25, 0.3) is 0 Å². The number of aliphatic hydroxyl groups excluding tert-OH is 1. The molecular weight excluding hydrogens is 219 g/mol. The van der Waals surface area contributed by atoms with Gasteiger partial charge in [-0.25, -0.2) is 4.39 Å². The Morgan fingerprint density at radius 1 is 1.59 bits per heavy atom. The lowest BCUT2D eigenvalue weighted by molar-refractivity contribution is 0.170. The van der Waals surface area contributed by atoms with Gasteiger partial charge in [-0.2, -0.15) is 5.26 Å². The van der Waals surface area contributed by atoms with Gasteiger partial charge < -0.3 is 10.0 Å². The number of alkyl halides is 1. The minimum absolute atomic E-state index is 0.00626. The van der Waals surface area contributed by atoms with E-state index >= 15 is 0 Å². The SMILES string of the molecule is C[C@H]1[C@@H](O)CCN1c1ccc(C#N)cc1CF. The van der Waals surface area contributed by atoms with Crippen molar-refractivity contribution in [2.45, 2.75) is 32.2 Å². The molecule has 0 unspecified atom stereocenters. The first-order chi connectivity index (χ1) is 8.17. The second kappa shape index (κ2) is 4.72. The van der Waals surface area contributed by atoms with Crippen molar-refractivity contribution in [2.24, 2.45) is 0 Å². The first kappa shape index (κ1) is 11.9. The highest BCUT2D eigenvalue weighted by molar-refractivity contribution is 5.58. The Kier molecular flexibility index (Phi) is 3.30. The lowest BCUT2D eigenvalue weighted by Gasteiger charge is -2.26. The van der Waals surface area contributed by atoms with Crippen molar-refractivity contribution in [1.29, 1.82) is 5.26 Å². The summed E-state index contributed by atoms with van der Waals surface area (Å²) in [6.45, 7) is 2.06. The van der Waals surface area contributed by atoms with Gasteiger partial charge in [-0.15, -0.1) is 0 Å². The molecule has 1 saturated heterocycles. The van der Waals surface area contributed by atoms with Crippen molar-refractivity contribution in [2.75, 3.05) is 11.4 Å². The number of hydrogen-bond acceptors (Lipinski definition) is 3. The van der Waals surface area contributed by atoms with E-state index in [1.54, 1.807) is 18.2 Å². The number of benzene rings is 1. The van der Waals surface area contributed by atoms with Crippen LogP contribution < -0.4 is 4.90 Å². The summed E-state index contributed by atoms with van der Waals surface area (Å²) < 4.78 is 13.0. The molecule has 1 aliphatic heterocycles. The van der Waals surface area contributed by atoms with E-state index in [4.69, 9.17) is 5.26 Å². The van der Waals surface area contributed by atoms with Crippen LogP contribution >= 0.6 is 0 Å². The van der Waals surface area contributed by atoms with E-state index in [1.165, 1.54) is 0 Å². The zero-order chi connectivity index (χ0) is 12.4. The summed E-state index contributed by atoms with van der Waals surface area (Å²) in [5.74, 6) is 0. The van der Waals surface area contributed by atoms with Gasteiger partial charge in [0, 0.05) is 17.8 Å². The summed E-state index contributed by atoms with van der Waals surface area (Å²) in [4.78, 5) is 2.00. The van der Waals surface area contributed by atoms with Crippen LogP contribution in [-0.4, -0.2) is 23.8 Å². The number of anilines is 1. The van der Waals surface area contributed by atoms with Gasteiger partial charge >= 0.3 is 0 Å². The fraction of sp³-hybridized carbons (Fsp3) is 0.462. The van der Waals surface area contributed by atoms with E-state index in [0.29, 0.717) is 17.5 Å². The van der Waals surface area contributed by atoms with Gasteiger partial charge in [0.2, 0.25) is 0 Å². The van der Waals surface area contributed by atoms with Crippen LogP contribution in [0.4, 0.5) is 10.1 Å². The summed E-state index contributed by atoms with van der Waals surface area (Å²) in [5, 5.41) is 18.5. The summed E-state index contributed by atoms with van der Waals surface area (Å²) in [6.07, 6.45) is 0.338. The third kappa shape index (κ3) is 2.11. The lowest BCUT2D eigenvalue weighted by atomic mass is 10.1. The maximum absolute atomic E-state index is 13.0. The lowest BCUT2D eigenvalue weighted by Crippen LogP contribution is -2.32. The van der Waals surface area contributed by atoms with Crippen molar-refractivity contribution in [3.63, 3.8) is 0 Å². The third-order valence-electron chi connectivity index (χ3n) is 3.38. The highest BCUT2D eigenvalue weighted by atomic mass is 19.1. The smallest absolute Gasteiger partial charge is 0.117 e. The van der Waals surface area contributed by atoms with Gasteiger partial charge in [0.05, 0.1) is 23.8 Å². The molecule has 0 aromatic heterocycles. The third-order valence-corrected chi connectivity index (χ3v) is 3.38. The second-order valence-electron chi connectivity index (χ2n) is 4.38. The topological polar surface area (TPSA) is 47.3 Å². The van der Waals surface area contributed by atoms with Gasteiger partial charge in [-0.3, -0.25) is 0 Å². The van der Waals surface area contributed by atoms with Crippen LogP contribution in [0, 0.1) is 11.3 Å². The maximum Gasteiger partial charge on any atom is 0.117 e. The Hall–Kier alpha value is -1.60. The Morgan fingerprint density at radius 3 is 2.88 bits per heavy atom. The number of rotatable bonds is 2. The molecule has 0 bridgehead atoms. The van der Waals surface area contributed by atoms with E-state index in [0.717, 1.165) is 12.2 Å². The molecule has 17 heavy (non-hydrogen) atoms. The molecule has 0 spiro atoms. The minimum Gasteiger partial charge on any atom is -0.391 e. The van der Waals surface area contributed by atoms with E-state index in [1.807, 2.05) is 17.9 Å². The predicted molar refractivity (Wildman–Crippen MR) is 63.4 cm³/mol. The molecule has 0 aliphatic carbocycles. The Balaban J connectivity index is 2.36. The average molecular weight is 234 g/mol. The first-order valence-corrected chi connectivity index (χ1v) is 5.71. The number of halogens is 1. The average Bonchev–Trinajstić information content (AvgIpc) is 2.69. The van der Waals surface area contributed by atoms with Crippen molar-refractivity contribution in [3.05, 3.63) is 29.3 Å². The fourth-order valence-corrected chi connectivity index (χ4v) is 2.31. The highest BCUT2D eigenvalue weighted by Crippen LogP contribution is 2.30. The first-order valence-electron chi connectivity index (χ1n) is 5.71. The van der Waals surface area contributed by atoms with Gasteiger partial charge in [0.25, 0.3) is 0 Å². The van der Waals surface area contributed by atoms with Crippen LogP contribution in [0.2, 0.25) is 0 Å². The van der Waals surface area contributed by atoms with Crippen LogP contribution in [0.5, 0.6) is 0 Å². The van der Waals surface area contributed by atoms with E-state index < -0.39 is 6.67 Å². The summed E-state index contributed by atoms with van der Waals surface area (Å²) >= 11 is 0. The minimum atomic E-state index is -0.593. The molecule has 90 valence electrons. The molecule has 1 fully saturated rings. The molecular formula is C13H15FN2O. The standard InChI is InChI=1S/C13H15FN2O/c1-9-13(17)4-5-16(9)12-3-2-10(8-15)6-11(12)7-14/h2-3,6,9,13,17H,4-5,7H2,1H3/t9-,13-/m0/s1. The van der Waals surface area contributed by atoms with Gasteiger partial charge in [-0.05, 0) is 31.5 Å². The molecule has 4 heteroatoms. The van der Waals surface area contributed by atoms with Gasteiger partial charge in [0.1, 0.15) is 6.67 Å². The van der Waals surface area contributed by atoms with Crippen molar-refractivity contribution in [1.82, 2.24) is 0 Å². The summed E-state index contributed by atoms with van der Waals surface area (Å²) in [5.41, 5.74) is 1.77. The molecule has 1 aliphatic rings. The quantitative estimate of drug-likeness (QED) is 0.851. The molecule has 0 saturated carbocycles. The second-order valence-corrected chi connectivity index (χ2v) is 4.38. The molecule has 0 amide bonds. The van der Waals surface area contributed by atoms with Crippen molar-refractivity contribution < 1.29 is 9.50 Å². The maximum atomic E-state index is 13.0. The summed E-state index contributed by atoms with van der Waals surface area (Å²) in [6, 6.07) is 7.03. The molecule has 1 aromatic carbocycles. The number of aliphatic hydroxyl groups is 1. The fourth-order valence-electron chi connectivity index (χ4n) is 2.31. The molecule has 3 nitrogen and oxygen atoms in total. The van der Waals surface area contributed by atoms with Crippen LogP contribution in [0.15, 0.2) is 18.2 Å². The van der Waals surface area contributed by atoms with E-state index in [-0.39, 0.29) is 12.1 Å². The molecule has 0 radical (unpaired) electrons. The molecule has 2 rings (SSSR count). The van der Waals surface area contributed by atoms with E-state index in [9.17, 15) is 9.50 Å². The molecule has 1 heterocycles. The number of nitrogens with zero attached hydrogens (tertiary/aromatic N) is 2. The van der Waals surface area contributed by atoms with Gasteiger partial charge in [0.15, 0.2) is 0 Å².